The van der Waals surface area contributed by atoms with Gasteiger partial charge in [0.1, 0.15) is 11.9 Å². The maximum atomic E-state index is 11.8. The van der Waals surface area contributed by atoms with Crippen molar-refractivity contribution in [3.05, 3.63) is 43.0 Å². The summed E-state index contributed by atoms with van der Waals surface area (Å²) in [6.07, 6.45) is 5.22. The second-order valence-electron chi connectivity index (χ2n) is 6.20. The third-order valence-corrected chi connectivity index (χ3v) is 3.08. The third kappa shape index (κ3) is 3.68. The fourth-order valence-corrected chi connectivity index (χ4v) is 2.14. The van der Waals surface area contributed by atoms with Crippen LogP contribution in [0.3, 0.4) is 0 Å². The maximum Gasteiger partial charge on any atom is 0.373 e. The molecule has 0 radical (unpaired) electrons. The van der Waals surface area contributed by atoms with Crippen molar-refractivity contribution in [3.8, 4) is 11.3 Å². The molecule has 0 saturated heterocycles. The van der Waals surface area contributed by atoms with Gasteiger partial charge in [-0.2, -0.15) is 14.2 Å². The normalized spacial score (nSPS) is 11.6. The number of nitrogens with zero attached hydrogens (tertiary/aromatic N) is 5. The number of hydrogen-bond donors (Lipinski definition) is 0. The Hall–Kier alpha value is -2.83. The van der Waals surface area contributed by atoms with E-state index in [1.54, 1.807) is 15.4 Å². The topological polar surface area (TPSA) is 73.3 Å². The first-order valence-corrected chi connectivity index (χ1v) is 7.29. The summed E-state index contributed by atoms with van der Waals surface area (Å²) in [4.78, 5) is 11.8. The molecule has 0 bridgehead atoms. The lowest BCUT2D eigenvalue weighted by Crippen LogP contribution is -2.40. The van der Waals surface area contributed by atoms with Crippen LogP contribution in [0, 0.1) is 0 Å². The van der Waals surface area contributed by atoms with Crippen LogP contribution in [0.15, 0.2) is 43.0 Å². The minimum Gasteiger partial charge on any atom is -0.455 e. The van der Waals surface area contributed by atoms with Gasteiger partial charge in [-0.05, 0) is 32.9 Å². The summed E-state index contributed by atoms with van der Waals surface area (Å²) >= 11 is 0. The van der Waals surface area contributed by atoms with Crippen molar-refractivity contribution in [1.82, 2.24) is 19.8 Å². The molecule has 0 unspecified atom stereocenters. The number of carbonyl (C=O) groups is 1. The Kier molecular flexibility index (Phi) is 3.77. The van der Waals surface area contributed by atoms with Crippen LogP contribution in [0.4, 0.5) is 0 Å². The van der Waals surface area contributed by atoms with E-state index in [9.17, 15) is 4.79 Å². The summed E-state index contributed by atoms with van der Waals surface area (Å²) in [7, 11) is 0. The molecular formula is C16H18N5O2+. The number of esters is 1. The standard InChI is InChI=1S/C16H18N5O2/c1-16(2,3)23-15(22)10-20-8-6-12(7-9-20)13-4-5-14-18-17-11-21(14)19-13/h4-9,11H,10H2,1-3H3/q+1. The SMILES string of the molecule is CC(C)(C)OC(=O)C[n+]1ccc(-c2ccc3nncn3n2)cc1. The van der Waals surface area contributed by atoms with E-state index in [1.165, 1.54) is 0 Å². The largest absolute Gasteiger partial charge is 0.455 e. The highest BCUT2D eigenvalue weighted by molar-refractivity contribution is 5.68. The van der Waals surface area contributed by atoms with Gasteiger partial charge in [-0.15, -0.1) is 10.2 Å². The van der Waals surface area contributed by atoms with E-state index in [4.69, 9.17) is 4.74 Å². The van der Waals surface area contributed by atoms with E-state index >= 15 is 0 Å². The molecule has 0 aromatic carbocycles. The van der Waals surface area contributed by atoms with Crippen LogP contribution < -0.4 is 4.57 Å². The van der Waals surface area contributed by atoms with E-state index in [0.29, 0.717) is 5.65 Å². The zero-order valence-corrected chi connectivity index (χ0v) is 13.3. The molecule has 0 atom stereocenters. The molecular weight excluding hydrogens is 294 g/mol. The van der Waals surface area contributed by atoms with Crippen molar-refractivity contribution in [2.75, 3.05) is 0 Å². The number of carbonyl (C=O) groups excluding carboxylic acids is 1. The summed E-state index contributed by atoms with van der Waals surface area (Å²) in [5, 5.41) is 12.2. The summed E-state index contributed by atoms with van der Waals surface area (Å²) in [5.74, 6) is -0.265. The van der Waals surface area contributed by atoms with Crippen molar-refractivity contribution < 1.29 is 14.1 Å². The monoisotopic (exact) mass is 312 g/mol. The third-order valence-electron chi connectivity index (χ3n) is 3.08. The average molecular weight is 312 g/mol. The van der Waals surface area contributed by atoms with Crippen LogP contribution in [0.2, 0.25) is 0 Å². The van der Waals surface area contributed by atoms with Gasteiger partial charge in [0, 0.05) is 17.7 Å². The van der Waals surface area contributed by atoms with Gasteiger partial charge in [-0.1, -0.05) is 0 Å². The highest BCUT2D eigenvalue weighted by atomic mass is 16.6. The highest BCUT2D eigenvalue weighted by Crippen LogP contribution is 2.15. The Morgan fingerprint density at radius 3 is 2.65 bits per heavy atom. The fraction of sp³-hybridized carbons (Fsp3) is 0.312. The predicted octanol–water partition coefficient (Wildman–Crippen LogP) is 1.42. The molecule has 3 aromatic heterocycles. The Labute approximate surface area is 133 Å². The van der Waals surface area contributed by atoms with E-state index in [-0.39, 0.29) is 12.5 Å². The molecule has 0 aliphatic carbocycles. The van der Waals surface area contributed by atoms with Gasteiger partial charge in [0.2, 0.25) is 6.54 Å². The van der Waals surface area contributed by atoms with Crippen molar-refractivity contribution >= 4 is 11.6 Å². The molecule has 0 N–H and O–H groups in total. The maximum absolute atomic E-state index is 11.8. The zero-order chi connectivity index (χ0) is 16.4. The Balaban J connectivity index is 1.75. The van der Waals surface area contributed by atoms with Crippen LogP contribution in [-0.2, 0) is 16.1 Å². The van der Waals surface area contributed by atoms with E-state index in [2.05, 4.69) is 15.3 Å². The van der Waals surface area contributed by atoms with Gasteiger partial charge in [0.15, 0.2) is 18.0 Å². The van der Waals surface area contributed by atoms with Gasteiger partial charge in [0.25, 0.3) is 0 Å². The first-order valence-electron chi connectivity index (χ1n) is 7.29. The quantitative estimate of drug-likeness (QED) is 0.540. The number of ether oxygens (including phenoxy) is 1. The molecule has 7 heteroatoms. The molecule has 0 amide bonds. The first-order chi connectivity index (χ1) is 10.9. The minimum atomic E-state index is -0.476. The minimum absolute atomic E-state index is 0.176. The van der Waals surface area contributed by atoms with Crippen molar-refractivity contribution in [1.29, 1.82) is 0 Å². The second-order valence-corrected chi connectivity index (χ2v) is 6.20. The van der Waals surface area contributed by atoms with E-state index < -0.39 is 5.60 Å². The summed E-state index contributed by atoms with van der Waals surface area (Å²) < 4.78 is 8.70. The molecule has 7 nitrogen and oxygen atoms in total. The molecule has 0 saturated carbocycles. The number of aromatic nitrogens is 5. The Morgan fingerprint density at radius 2 is 1.96 bits per heavy atom. The molecule has 3 heterocycles. The molecule has 0 aliphatic rings. The first kappa shape index (κ1) is 15.1. The number of rotatable bonds is 3. The van der Waals surface area contributed by atoms with Gasteiger partial charge in [-0.25, -0.2) is 4.79 Å². The summed E-state index contributed by atoms with van der Waals surface area (Å²) in [6, 6.07) is 7.56. The molecule has 3 rings (SSSR count). The molecule has 0 spiro atoms. The van der Waals surface area contributed by atoms with Crippen LogP contribution in [0.1, 0.15) is 20.8 Å². The summed E-state index contributed by atoms with van der Waals surface area (Å²) in [6.45, 7) is 5.73. The number of pyridine rings is 1. The highest BCUT2D eigenvalue weighted by Gasteiger charge is 2.19. The van der Waals surface area contributed by atoms with Gasteiger partial charge < -0.3 is 4.74 Å². The Bertz CT molecular complexity index is 834. The molecule has 0 fully saturated rings. The smallest absolute Gasteiger partial charge is 0.373 e. The van der Waals surface area contributed by atoms with Crippen molar-refractivity contribution in [3.63, 3.8) is 0 Å². The Morgan fingerprint density at radius 1 is 1.22 bits per heavy atom. The fourth-order valence-electron chi connectivity index (χ4n) is 2.14. The number of hydrogen-bond acceptors (Lipinski definition) is 5. The lowest BCUT2D eigenvalue weighted by Gasteiger charge is -2.18. The van der Waals surface area contributed by atoms with Gasteiger partial charge in [-0.3, -0.25) is 0 Å². The van der Waals surface area contributed by atoms with Crippen molar-refractivity contribution in [2.24, 2.45) is 0 Å². The predicted molar refractivity (Wildman–Crippen MR) is 82.3 cm³/mol. The van der Waals surface area contributed by atoms with E-state index in [1.807, 2.05) is 57.4 Å². The van der Waals surface area contributed by atoms with Crippen LogP contribution in [0.25, 0.3) is 16.9 Å². The van der Waals surface area contributed by atoms with Crippen molar-refractivity contribution in [2.45, 2.75) is 32.9 Å². The van der Waals surface area contributed by atoms with Gasteiger partial charge in [0.05, 0.1) is 5.69 Å². The van der Waals surface area contributed by atoms with E-state index in [0.717, 1.165) is 11.3 Å². The molecule has 0 aliphatic heterocycles. The second kappa shape index (κ2) is 5.75. The molecule has 23 heavy (non-hydrogen) atoms. The lowest BCUT2D eigenvalue weighted by molar-refractivity contribution is -0.686. The van der Waals surface area contributed by atoms with Crippen LogP contribution in [-0.4, -0.2) is 31.4 Å². The van der Waals surface area contributed by atoms with Crippen LogP contribution >= 0.6 is 0 Å². The lowest BCUT2D eigenvalue weighted by atomic mass is 10.2. The van der Waals surface area contributed by atoms with Crippen LogP contribution in [0.5, 0.6) is 0 Å². The van der Waals surface area contributed by atoms with Gasteiger partial charge >= 0.3 is 5.97 Å². The zero-order valence-electron chi connectivity index (χ0n) is 13.3. The molecule has 3 aromatic rings. The molecule has 118 valence electrons. The summed E-state index contributed by atoms with van der Waals surface area (Å²) in [5.41, 5.74) is 1.97. The number of fused-ring (bicyclic) bond motifs is 1. The average Bonchev–Trinajstić information content (AvgIpc) is 2.93.